The van der Waals surface area contributed by atoms with Gasteiger partial charge in [-0.05, 0) is 20.3 Å². The van der Waals surface area contributed by atoms with E-state index >= 15 is 0 Å². The largest absolute Gasteiger partial charge is 0.475 e. The molecule has 0 radical (unpaired) electrons. The maximum Gasteiger partial charge on any atom is 0.221 e. The molecular weight excluding hydrogens is 234 g/mol. The van der Waals surface area contributed by atoms with E-state index in [1.54, 1.807) is 14.0 Å². The van der Waals surface area contributed by atoms with E-state index in [9.17, 15) is 0 Å². The lowest BCUT2D eigenvalue weighted by molar-refractivity contribution is 0.0793. The van der Waals surface area contributed by atoms with Crippen molar-refractivity contribution in [3.8, 4) is 5.88 Å². The first-order valence-corrected chi connectivity index (χ1v) is 5.95. The van der Waals surface area contributed by atoms with E-state index < -0.39 is 0 Å². The molecule has 102 valence electrons. The van der Waals surface area contributed by atoms with E-state index in [0.29, 0.717) is 43.9 Å². The quantitative estimate of drug-likeness (QED) is 0.701. The minimum Gasteiger partial charge on any atom is -0.475 e. The lowest BCUT2D eigenvalue weighted by Gasteiger charge is -2.10. The van der Waals surface area contributed by atoms with Gasteiger partial charge < -0.3 is 19.9 Å². The van der Waals surface area contributed by atoms with E-state index in [2.05, 4.69) is 9.97 Å². The minimum atomic E-state index is 0.448. The molecule has 18 heavy (non-hydrogen) atoms. The Morgan fingerprint density at radius 1 is 1.06 bits per heavy atom. The summed E-state index contributed by atoms with van der Waals surface area (Å²) < 4.78 is 15.8. The van der Waals surface area contributed by atoms with Gasteiger partial charge in [0.05, 0.1) is 12.2 Å². The summed E-state index contributed by atoms with van der Waals surface area (Å²) in [5, 5.41) is 0. The number of nitrogens with two attached hydrogens (primary N) is 1. The molecule has 0 aliphatic carbocycles. The van der Waals surface area contributed by atoms with Crippen molar-refractivity contribution < 1.29 is 14.2 Å². The minimum absolute atomic E-state index is 0.448. The molecule has 0 atom stereocenters. The molecule has 0 saturated heterocycles. The zero-order valence-electron chi connectivity index (χ0n) is 11.2. The van der Waals surface area contributed by atoms with Crippen LogP contribution in [-0.2, 0) is 9.47 Å². The number of nitrogen functional groups attached to an aromatic ring is 1. The first-order valence-electron chi connectivity index (χ1n) is 5.95. The number of nitrogens with zero attached hydrogens (tertiary/aromatic N) is 2. The average Bonchev–Trinajstić information content (AvgIpc) is 2.33. The van der Waals surface area contributed by atoms with Gasteiger partial charge in [-0.1, -0.05) is 0 Å². The standard InChI is InChI=1S/C12H21N3O3/c1-9-11(13)14-10(2)15-12(9)18-8-7-17-6-4-5-16-3/h4-8H2,1-3H3,(H2,13,14,15). The molecule has 6 heteroatoms. The summed E-state index contributed by atoms with van der Waals surface area (Å²) in [6.45, 7) is 5.96. The lowest BCUT2D eigenvalue weighted by Crippen LogP contribution is -2.11. The maximum absolute atomic E-state index is 5.73. The molecule has 0 aliphatic heterocycles. The highest BCUT2D eigenvalue weighted by molar-refractivity contribution is 5.44. The summed E-state index contributed by atoms with van der Waals surface area (Å²) in [6, 6.07) is 0. The summed E-state index contributed by atoms with van der Waals surface area (Å²) >= 11 is 0. The van der Waals surface area contributed by atoms with Gasteiger partial charge in [0.2, 0.25) is 5.88 Å². The van der Waals surface area contributed by atoms with Crippen molar-refractivity contribution in [1.29, 1.82) is 0 Å². The molecule has 1 aromatic rings. The first-order chi connectivity index (χ1) is 8.65. The van der Waals surface area contributed by atoms with E-state index in [4.69, 9.17) is 19.9 Å². The highest BCUT2D eigenvalue weighted by Crippen LogP contribution is 2.18. The molecule has 0 aliphatic rings. The van der Waals surface area contributed by atoms with Crippen LogP contribution >= 0.6 is 0 Å². The summed E-state index contributed by atoms with van der Waals surface area (Å²) in [5.41, 5.74) is 6.49. The van der Waals surface area contributed by atoms with Crippen molar-refractivity contribution in [1.82, 2.24) is 9.97 Å². The van der Waals surface area contributed by atoms with Crippen molar-refractivity contribution in [3.05, 3.63) is 11.4 Å². The maximum atomic E-state index is 5.73. The lowest BCUT2D eigenvalue weighted by atomic mass is 10.3. The predicted octanol–water partition coefficient (Wildman–Crippen LogP) is 1.11. The Morgan fingerprint density at radius 3 is 2.56 bits per heavy atom. The van der Waals surface area contributed by atoms with E-state index in [-0.39, 0.29) is 0 Å². The number of hydrogen-bond acceptors (Lipinski definition) is 6. The third-order valence-electron chi connectivity index (χ3n) is 2.35. The molecule has 0 bridgehead atoms. The SMILES string of the molecule is COCCCOCCOc1nc(C)nc(N)c1C. The molecule has 0 aromatic carbocycles. The zero-order valence-corrected chi connectivity index (χ0v) is 11.2. The van der Waals surface area contributed by atoms with Gasteiger partial charge >= 0.3 is 0 Å². The van der Waals surface area contributed by atoms with Crippen molar-refractivity contribution in [2.24, 2.45) is 0 Å². The highest BCUT2D eigenvalue weighted by atomic mass is 16.5. The number of aryl methyl sites for hydroxylation is 1. The summed E-state index contributed by atoms with van der Waals surface area (Å²) in [4.78, 5) is 8.25. The van der Waals surface area contributed by atoms with Crippen LogP contribution in [0.4, 0.5) is 5.82 Å². The fourth-order valence-electron chi connectivity index (χ4n) is 1.37. The Labute approximate surface area is 107 Å². The number of aromatic nitrogens is 2. The molecule has 0 amide bonds. The second kappa shape index (κ2) is 7.84. The number of hydrogen-bond donors (Lipinski definition) is 1. The van der Waals surface area contributed by atoms with Gasteiger partial charge in [-0.2, -0.15) is 4.98 Å². The monoisotopic (exact) mass is 255 g/mol. The summed E-state index contributed by atoms with van der Waals surface area (Å²) in [6.07, 6.45) is 0.884. The fraction of sp³-hybridized carbons (Fsp3) is 0.667. The van der Waals surface area contributed by atoms with Crippen LogP contribution in [0.2, 0.25) is 0 Å². The second-order valence-electron chi connectivity index (χ2n) is 3.89. The van der Waals surface area contributed by atoms with Crippen molar-refractivity contribution in [3.63, 3.8) is 0 Å². The van der Waals surface area contributed by atoms with E-state index in [1.807, 2.05) is 6.92 Å². The molecular formula is C12H21N3O3. The first kappa shape index (κ1) is 14.7. The molecule has 0 saturated carbocycles. The Morgan fingerprint density at radius 2 is 1.83 bits per heavy atom. The number of anilines is 1. The number of methoxy groups -OCH3 is 1. The number of rotatable bonds is 8. The van der Waals surface area contributed by atoms with Crippen molar-refractivity contribution >= 4 is 5.82 Å². The summed E-state index contributed by atoms with van der Waals surface area (Å²) in [5.74, 6) is 1.59. The van der Waals surface area contributed by atoms with E-state index in [0.717, 1.165) is 12.0 Å². The normalized spacial score (nSPS) is 10.6. The van der Waals surface area contributed by atoms with Gasteiger partial charge in [0.25, 0.3) is 0 Å². The second-order valence-corrected chi connectivity index (χ2v) is 3.89. The van der Waals surface area contributed by atoms with Crippen molar-refractivity contribution in [2.75, 3.05) is 39.3 Å². The molecule has 2 N–H and O–H groups in total. The van der Waals surface area contributed by atoms with Crippen LogP contribution in [0.15, 0.2) is 0 Å². The Balaban J connectivity index is 2.27. The molecule has 0 fully saturated rings. The number of ether oxygens (including phenoxy) is 3. The van der Waals surface area contributed by atoms with Gasteiger partial charge in [0, 0.05) is 20.3 Å². The summed E-state index contributed by atoms with van der Waals surface area (Å²) in [7, 11) is 1.67. The van der Waals surface area contributed by atoms with Crippen LogP contribution in [-0.4, -0.2) is 43.5 Å². The smallest absolute Gasteiger partial charge is 0.221 e. The Kier molecular flexibility index (Phi) is 6.38. The van der Waals surface area contributed by atoms with Gasteiger partial charge in [0.15, 0.2) is 0 Å². The van der Waals surface area contributed by atoms with Crippen LogP contribution in [0, 0.1) is 13.8 Å². The highest BCUT2D eigenvalue weighted by Gasteiger charge is 2.07. The predicted molar refractivity (Wildman–Crippen MR) is 68.7 cm³/mol. The van der Waals surface area contributed by atoms with Gasteiger partial charge in [-0.15, -0.1) is 0 Å². The molecule has 6 nitrogen and oxygen atoms in total. The van der Waals surface area contributed by atoms with E-state index in [1.165, 1.54) is 0 Å². The topological polar surface area (TPSA) is 79.5 Å². The third kappa shape index (κ3) is 4.85. The average molecular weight is 255 g/mol. The van der Waals surface area contributed by atoms with Gasteiger partial charge in [0.1, 0.15) is 18.2 Å². The molecule has 1 rings (SSSR count). The fourth-order valence-corrected chi connectivity index (χ4v) is 1.37. The third-order valence-corrected chi connectivity index (χ3v) is 2.35. The molecule has 1 heterocycles. The molecule has 0 unspecified atom stereocenters. The Bertz CT molecular complexity index is 372. The molecule has 0 spiro atoms. The van der Waals surface area contributed by atoms with Crippen LogP contribution < -0.4 is 10.5 Å². The molecule has 1 aromatic heterocycles. The van der Waals surface area contributed by atoms with Crippen LogP contribution in [0.5, 0.6) is 5.88 Å². The van der Waals surface area contributed by atoms with Crippen LogP contribution in [0.1, 0.15) is 17.8 Å². The zero-order chi connectivity index (χ0) is 13.4. The van der Waals surface area contributed by atoms with Crippen molar-refractivity contribution in [2.45, 2.75) is 20.3 Å². The van der Waals surface area contributed by atoms with Crippen LogP contribution in [0.25, 0.3) is 0 Å². The van der Waals surface area contributed by atoms with Gasteiger partial charge in [-0.25, -0.2) is 4.98 Å². The Hall–Kier alpha value is -1.40. The van der Waals surface area contributed by atoms with Crippen LogP contribution in [0.3, 0.4) is 0 Å². The van der Waals surface area contributed by atoms with Gasteiger partial charge in [-0.3, -0.25) is 0 Å².